The molecule has 1 heterocycles. The second-order valence-electron chi connectivity index (χ2n) is 4.36. The van der Waals surface area contributed by atoms with Gasteiger partial charge in [-0.2, -0.15) is 0 Å². The predicted octanol–water partition coefficient (Wildman–Crippen LogP) is -1.12. The van der Waals surface area contributed by atoms with Crippen LogP contribution in [0.1, 0.15) is 23.7 Å². The fraction of sp³-hybridized carbons (Fsp3) is 0.300. The van der Waals surface area contributed by atoms with Crippen LogP contribution < -0.4 is 10.6 Å². The number of sulfonamides is 1. The number of hydrogen-bond acceptors (Lipinski definition) is 5. The van der Waals surface area contributed by atoms with Crippen molar-refractivity contribution < 1.29 is 28.0 Å². The molecule has 19 heavy (non-hydrogen) atoms. The summed E-state index contributed by atoms with van der Waals surface area (Å²) in [6, 6.07) is 2.55. The number of hydrogen-bond donors (Lipinski definition) is 3. The molecule has 9 heteroatoms. The lowest BCUT2D eigenvalue weighted by Crippen LogP contribution is -2.29. The maximum Gasteiger partial charge on any atom is 0.492 e. The molecule has 0 saturated carbocycles. The Labute approximate surface area is 110 Å². The Hall–Kier alpha value is -1.42. The van der Waals surface area contributed by atoms with E-state index in [-0.39, 0.29) is 16.8 Å². The Bertz CT molecular complexity index is 644. The summed E-state index contributed by atoms with van der Waals surface area (Å²) in [6.45, 7) is 1.61. The lowest BCUT2D eigenvalue weighted by atomic mass is 9.78. The van der Waals surface area contributed by atoms with Gasteiger partial charge in [0.1, 0.15) is 0 Å². The van der Waals surface area contributed by atoms with Crippen LogP contribution in [0.5, 0.6) is 0 Å². The van der Waals surface area contributed by atoms with Gasteiger partial charge in [0.25, 0.3) is 0 Å². The Kier molecular flexibility index (Phi) is 3.39. The van der Waals surface area contributed by atoms with Crippen molar-refractivity contribution in [2.75, 3.05) is 0 Å². The van der Waals surface area contributed by atoms with E-state index in [0.717, 1.165) is 0 Å². The number of nitrogens with two attached hydrogens (primary N) is 1. The first-order valence-corrected chi connectivity index (χ1v) is 6.97. The van der Waals surface area contributed by atoms with Gasteiger partial charge in [-0.25, -0.2) is 13.6 Å². The third kappa shape index (κ3) is 2.64. The first-order valence-electron chi connectivity index (χ1n) is 5.42. The number of carboxylic acid groups (broad SMARTS) is 1. The summed E-state index contributed by atoms with van der Waals surface area (Å²) in [5.74, 6) is -1.07. The van der Waals surface area contributed by atoms with Gasteiger partial charge in [0.2, 0.25) is 10.0 Å². The minimum atomic E-state index is -3.89. The van der Waals surface area contributed by atoms with Crippen molar-refractivity contribution in [3.8, 4) is 0 Å². The van der Waals surface area contributed by atoms with Gasteiger partial charge in [0.05, 0.1) is 17.4 Å². The zero-order valence-electron chi connectivity index (χ0n) is 10.0. The van der Waals surface area contributed by atoms with E-state index in [1.54, 1.807) is 6.92 Å². The van der Waals surface area contributed by atoms with Crippen molar-refractivity contribution in [2.24, 2.45) is 5.14 Å². The average molecular weight is 285 g/mol. The highest BCUT2D eigenvalue weighted by molar-refractivity contribution is 7.89. The third-order valence-electron chi connectivity index (χ3n) is 2.96. The first kappa shape index (κ1) is 14.0. The zero-order valence-corrected chi connectivity index (χ0v) is 10.8. The molecule has 0 aliphatic carbocycles. The van der Waals surface area contributed by atoms with Crippen molar-refractivity contribution in [1.82, 2.24) is 0 Å². The highest BCUT2D eigenvalue weighted by Gasteiger charge is 2.38. The summed E-state index contributed by atoms with van der Waals surface area (Å²) in [7, 11) is -5.24. The molecule has 1 aliphatic rings. The minimum Gasteiger partial charge on any atom is -0.481 e. The number of rotatable bonds is 3. The Morgan fingerprint density at radius 1 is 1.53 bits per heavy atom. The molecule has 0 saturated heterocycles. The van der Waals surface area contributed by atoms with E-state index in [2.05, 4.69) is 0 Å². The molecule has 1 atom stereocenters. The van der Waals surface area contributed by atoms with Gasteiger partial charge >= 0.3 is 13.1 Å². The molecule has 0 fully saturated rings. The van der Waals surface area contributed by atoms with Crippen LogP contribution in [0.25, 0.3) is 0 Å². The molecule has 1 aromatic carbocycles. The number of fused-ring (bicyclic) bond motifs is 1. The number of carbonyl (C=O) groups is 1. The van der Waals surface area contributed by atoms with Crippen molar-refractivity contribution in [2.45, 2.75) is 24.3 Å². The highest BCUT2D eigenvalue weighted by Crippen LogP contribution is 2.30. The van der Waals surface area contributed by atoms with Gasteiger partial charge in [-0.1, -0.05) is 0 Å². The quantitative estimate of drug-likeness (QED) is 0.603. The predicted molar refractivity (Wildman–Crippen MR) is 66.2 cm³/mol. The van der Waals surface area contributed by atoms with Crippen LogP contribution in [0.15, 0.2) is 17.0 Å². The fourth-order valence-electron chi connectivity index (χ4n) is 2.21. The average Bonchev–Trinajstić information content (AvgIpc) is 2.54. The summed E-state index contributed by atoms with van der Waals surface area (Å²) in [4.78, 5) is 10.6. The SMILES string of the molecule is Cc1cc(S(N)(=O)=O)cc2c1C(CC(=O)O)OB2O. The molecular weight excluding hydrogens is 273 g/mol. The van der Waals surface area contributed by atoms with Crippen LogP contribution in [-0.4, -0.2) is 31.6 Å². The summed E-state index contributed by atoms with van der Waals surface area (Å²) < 4.78 is 27.8. The number of benzene rings is 1. The monoisotopic (exact) mass is 285 g/mol. The van der Waals surface area contributed by atoms with E-state index in [4.69, 9.17) is 14.9 Å². The van der Waals surface area contributed by atoms with Crippen LogP contribution in [0.3, 0.4) is 0 Å². The lowest BCUT2D eigenvalue weighted by Gasteiger charge is -2.12. The standard InChI is InChI=1S/C10H12BNO6S/c1-5-2-6(19(12,16)17)3-7-10(5)8(4-9(13)14)18-11(7)15/h2-3,8,15H,4H2,1H3,(H,13,14)(H2,12,16,17). The molecule has 7 nitrogen and oxygen atoms in total. The lowest BCUT2D eigenvalue weighted by molar-refractivity contribution is -0.138. The third-order valence-corrected chi connectivity index (χ3v) is 3.85. The molecule has 0 aromatic heterocycles. The van der Waals surface area contributed by atoms with Gasteiger partial charge in [-0.05, 0) is 35.6 Å². The van der Waals surface area contributed by atoms with Crippen LogP contribution >= 0.6 is 0 Å². The molecule has 1 aromatic rings. The van der Waals surface area contributed by atoms with Crippen molar-refractivity contribution in [3.63, 3.8) is 0 Å². The van der Waals surface area contributed by atoms with Gasteiger partial charge in [0, 0.05) is 0 Å². The van der Waals surface area contributed by atoms with Gasteiger partial charge < -0.3 is 14.8 Å². The summed E-state index contributed by atoms with van der Waals surface area (Å²) in [5.41, 5.74) is 1.27. The summed E-state index contributed by atoms with van der Waals surface area (Å²) in [6.07, 6.45) is -1.10. The molecule has 0 spiro atoms. The summed E-state index contributed by atoms with van der Waals surface area (Å²) in [5, 5.41) is 23.5. The van der Waals surface area contributed by atoms with Crippen LogP contribution in [0.4, 0.5) is 0 Å². The number of primary sulfonamides is 1. The molecule has 1 unspecified atom stereocenters. The van der Waals surface area contributed by atoms with Crippen molar-refractivity contribution >= 4 is 28.6 Å². The molecule has 1 aliphatic heterocycles. The molecule has 4 N–H and O–H groups in total. The number of aryl methyl sites for hydroxylation is 1. The molecule has 0 amide bonds. The Balaban J connectivity index is 2.55. The number of aliphatic carboxylic acids is 1. The van der Waals surface area contributed by atoms with E-state index in [1.165, 1.54) is 12.1 Å². The first-order chi connectivity index (χ1) is 8.70. The smallest absolute Gasteiger partial charge is 0.481 e. The molecule has 2 rings (SSSR count). The van der Waals surface area contributed by atoms with Crippen molar-refractivity contribution in [3.05, 3.63) is 23.3 Å². The number of carboxylic acids is 1. The molecule has 0 bridgehead atoms. The summed E-state index contributed by atoms with van der Waals surface area (Å²) >= 11 is 0. The van der Waals surface area contributed by atoms with Crippen LogP contribution in [0, 0.1) is 6.92 Å². The van der Waals surface area contributed by atoms with E-state index in [1.807, 2.05) is 0 Å². The molecule has 0 radical (unpaired) electrons. The largest absolute Gasteiger partial charge is 0.492 e. The van der Waals surface area contributed by atoms with E-state index < -0.39 is 29.2 Å². The minimum absolute atomic E-state index is 0.137. The zero-order chi connectivity index (χ0) is 14.4. The second-order valence-corrected chi connectivity index (χ2v) is 5.92. The van der Waals surface area contributed by atoms with Gasteiger partial charge in [-0.3, -0.25) is 4.79 Å². The van der Waals surface area contributed by atoms with Gasteiger partial charge in [0.15, 0.2) is 0 Å². The molecular formula is C10H12BNO6S. The van der Waals surface area contributed by atoms with Crippen LogP contribution in [0.2, 0.25) is 0 Å². The van der Waals surface area contributed by atoms with Crippen molar-refractivity contribution in [1.29, 1.82) is 0 Å². The fourth-order valence-corrected chi connectivity index (χ4v) is 2.84. The maximum absolute atomic E-state index is 11.3. The normalized spacial score (nSPS) is 18.5. The molecule has 102 valence electrons. The van der Waals surface area contributed by atoms with Crippen LogP contribution in [-0.2, 0) is 19.5 Å². The highest BCUT2D eigenvalue weighted by atomic mass is 32.2. The van der Waals surface area contributed by atoms with Gasteiger partial charge in [-0.15, -0.1) is 0 Å². The van der Waals surface area contributed by atoms with E-state index in [0.29, 0.717) is 11.1 Å². The van der Waals surface area contributed by atoms with E-state index >= 15 is 0 Å². The Morgan fingerprint density at radius 2 is 2.16 bits per heavy atom. The second kappa shape index (κ2) is 4.60. The maximum atomic E-state index is 11.3. The van der Waals surface area contributed by atoms with E-state index in [9.17, 15) is 18.2 Å². The Morgan fingerprint density at radius 3 is 2.68 bits per heavy atom. The topological polar surface area (TPSA) is 127 Å².